The highest BCUT2D eigenvalue weighted by molar-refractivity contribution is 6.05. The summed E-state index contributed by atoms with van der Waals surface area (Å²) in [7, 11) is 0. The topological polar surface area (TPSA) is 87.5 Å². The Morgan fingerprint density at radius 3 is 2.35 bits per heavy atom. The van der Waals surface area contributed by atoms with Gasteiger partial charge in [-0.15, -0.1) is 0 Å². The summed E-state index contributed by atoms with van der Waals surface area (Å²) in [5, 5.41) is 5.97. The molecule has 10 heteroatoms. The number of piperidine rings is 1. The van der Waals surface area contributed by atoms with Crippen LogP contribution in [-0.2, 0) is 0 Å². The van der Waals surface area contributed by atoms with Crippen molar-refractivity contribution < 1.29 is 13.6 Å². The van der Waals surface area contributed by atoms with Crippen LogP contribution in [0.2, 0.25) is 0 Å². The highest BCUT2D eigenvalue weighted by Gasteiger charge is 2.23. The molecule has 0 spiro atoms. The summed E-state index contributed by atoms with van der Waals surface area (Å²) in [6, 6.07) is 27.0. The van der Waals surface area contributed by atoms with Gasteiger partial charge in [-0.1, -0.05) is 36.4 Å². The zero-order chi connectivity index (χ0) is 33.2. The Kier molecular flexibility index (Phi) is 8.65. The van der Waals surface area contributed by atoms with E-state index in [9.17, 15) is 13.6 Å². The van der Waals surface area contributed by atoms with Crippen LogP contribution in [0.15, 0.2) is 103 Å². The van der Waals surface area contributed by atoms with Crippen LogP contribution < -0.4 is 10.6 Å². The smallest absolute Gasteiger partial charge is 0.261 e. The number of nitrogens with zero attached hydrogens (tertiary/aromatic N) is 5. The molecule has 48 heavy (non-hydrogen) atoms. The Morgan fingerprint density at radius 2 is 1.60 bits per heavy atom. The number of pyridine rings is 1. The van der Waals surface area contributed by atoms with E-state index in [1.807, 2.05) is 40.9 Å². The maximum absolute atomic E-state index is 14.3. The molecule has 0 saturated carbocycles. The van der Waals surface area contributed by atoms with Crippen LogP contribution in [0.4, 0.5) is 26.1 Å². The number of fused-ring (bicyclic) bond motifs is 1. The quantitative estimate of drug-likeness (QED) is 0.174. The van der Waals surface area contributed by atoms with E-state index in [4.69, 9.17) is 9.97 Å². The fourth-order valence-electron chi connectivity index (χ4n) is 6.36. The Labute approximate surface area is 277 Å². The summed E-state index contributed by atoms with van der Waals surface area (Å²) in [5.74, 6) is -1.74. The summed E-state index contributed by atoms with van der Waals surface area (Å²) >= 11 is 0. The molecular formula is C38H35F2N7O. The molecule has 4 heterocycles. The normalized spacial score (nSPS) is 14.0. The number of amides is 1. The van der Waals surface area contributed by atoms with Crippen LogP contribution >= 0.6 is 0 Å². The van der Waals surface area contributed by atoms with Crippen molar-refractivity contribution in [2.24, 2.45) is 0 Å². The molecule has 1 amide bonds. The van der Waals surface area contributed by atoms with Crippen LogP contribution in [0.5, 0.6) is 0 Å². The second-order valence-electron chi connectivity index (χ2n) is 12.3. The van der Waals surface area contributed by atoms with Gasteiger partial charge in [0, 0.05) is 35.4 Å². The highest BCUT2D eigenvalue weighted by Crippen LogP contribution is 2.34. The van der Waals surface area contributed by atoms with Crippen molar-refractivity contribution in [1.29, 1.82) is 0 Å². The van der Waals surface area contributed by atoms with E-state index < -0.39 is 23.1 Å². The van der Waals surface area contributed by atoms with Gasteiger partial charge in [-0.3, -0.25) is 9.20 Å². The summed E-state index contributed by atoms with van der Waals surface area (Å²) in [6.45, 7) is 6.77. The average molecular weight is 644 g/mol. The van der Waals surface area contributed by atoms with E-state index in [0.717, 1.165) is 49.4 Å². The third kappa shape index (κ3) is 6.39. The first-order valence-electron chi connectivity index (χ1n) is 16.1. The second kappa shape index (κ2) is 13.3. The number of nitrogens with one attached hydrogen (secondary N) is 2. The van der Waals surface area contributed by atoms with Gasteiger partial charge in [-0.25, -0.2) is 23.7 Å². The maximum Gasteiger partial charge on any atom is 0.261 e. The first-order chi connectivity index (χ1) is 23.3. The number of halogens is 2. The lowest BCUT2D eigenvalue weighted by atomic mass is 9.89. The predicted molar refractivity (Wildman–Crippen MR) is 184 cm³/mol. The molecule has 1 fully saturated rings. The van der Waals surface area contributed by atoms with Gasteiger partial charge in [0.05, 0.1) is 17.1 Å². The molecule has 0 atom stereocenters. The van der Waals surface area contributed by atoms with Crippen LogP contribution in [-0.4, -0.2) is 49.3 Å². The third-order valence-corrected chi connectivity index (χ3v) is 8.91. The number of rotatable bonds is 8. The van der Waals surface area contributed by atoms with Gasteiger partial charge < -0.3 is 15.5 Å². The van der Waals surface area contributed by atoms with E-state index in [0.29, 0.717) is 46.2 Å². The van der Waals surface area contributed by atoms with Crippen molar-refractivity contribution in [2.75, 3.05) is 23.7 Å². The Bertz CT molecular complexity index is 2070. The van der Waals surface area contributed by atoms with Gasteiger partial charge in [0.25, 0.3) is 5.91 Å². The largest absolute Gasteiger partial charge is 0.324 e. The molecule has 7 rings (SSSR count). The van der Waals surface area contributed by atoms with Crippen molar-refractivity contribution in [3.05, 3.63) is 126 Å². The van der Waals surface area contributed by atoms with Gasteiger partial charge in [0.15, 0.2) is 0 Å². The number of hydrogen-bond donors (Lipinski definition) is 2. The van der Waals surface area contributed by atoms with E-state index in [2.05, 4.69) is 58.6 Å². The maximum atomic E-state index is 14.3. The van der Waals surface area contributed by atoms with Crippen molar-refractivity contribution >= 4 is 28.9 Å². The zero-order valence-corrected chi connectivity index (χ0v) is 26.7. The summed E-state index contributed by atoms with van der Waals surface area (Å²) in [6.07, 6.45) is 5.94. The zero-order valence-electron chi connectivity index (χ0n) is 26.7. The molecule has 1 aliphatic heterocycles. The van der Waals surface area contributed by atoms with E-state index >= 15 is 0 Å². The minimum atomic E-state index is -0.933. The second-order valence-corrected chi connectivity index (χ2v) is 12.3. The van der Waals surface area contributed by atoms with Crippen LogP contribution in [0.1, 0.15) is 48.5 Å². The molecule has 3 aromatic carbocycles. The molecule has 242 valence electrons. The number of anilines is 3. The van der Waals surface area contributed by atoms with Gasteiger partial charge in [0.2, 0.25) is 5.95 Å². The number of aromatic nitrogens is 4. The summed E-state index contributed by atoms with van der Waals surface area (Å²) in [4.78, 5) is 29.6. The lowest BCUT2D eigenvalue weighted by Crippen LogP contribution is -2.37. The average Bonchev–Trinajstić information content (AvgIpc) is 3.49. The van der Waals surface area contributed by atoms with E-state index in [1.54, 1.807) is 24.4 Å². The molecule has 0 unspecified atom stereocenters. The number of likely N-dealkylation sites (tertiary alicyclic amines) is 1. The molecule has 0 bridgehead atoms. The Hall–Kier alpha value is -5.48. The van der Waals surface area contributed by atoms with Crippen LogP contribution in [0.3, 0.4) is 0 Å². The molecule has 0 radical (unpaired) electrons. The number of hydrogen-bond acceptors (Lipinski definition) is 6. The minimum Gasteiger partial charge on any atom is -0.324 e. The monoisotopic (exact) mass is 643 g/mol. The van der Waals surface area contributed by atoms with Crippen molar-refractivity contribution in [1.82, 2.24) is 24.3 Å². The first-order valence-corrected chi connectivity index (χ1v) is 16.1. The Morgan fingerprint density at radius 1 is 0.854 bits per heavy atom. The molecule has 1 saturated heterocycles. The molecule has 1 aliphatic rings. The van der Waals surface area contributed by atoms with Gasteiger partial charge >= 0.3 is 0 Å². The number of carbonyl (C=O) groups is 1. The van der Waals surface area contributed by atoms with Crippen LogP contribution in [0.25, 0.3) is 28.3 Å². The predicted octanol–water partition coefficient (Wildman–Crippen LogP) is 8.32. The molecule has 2 N–H and O–H groups in total. The SMILES string of the molecule is CC(C)N1CCC(c2ccc(Nc3nccc(-c4c(-c5cccc(NC(=O)c6c(F)cccc6F)c5)nc5ccccn45)n3)cc2)CC1. The fraction of sp³-hybridized carbons (Fsp3) is 0.211. The number of carbonyl (C=O) groups excluding carboxylic acids is 1. The van der Waals surface area contributed by atoms with E-state index in [1.165, 1.54) is 11.6 Å². The third-order valence-electron chi connectivity index (χ3n) is 8.91. The van der Waals surface area contributed by atoms with Gasteiger partial charge in [-0.2, -0.15) is 0 Å². The molecule has 8 nitrogen and oxygen atoms in total. The molecule has 6 aromatic rings. The number of benzene rings is 3. The van der Waals surface area contributed by atoms with Crippen molar-refractivity contribution in [3.8, 4) is 22.6 Å². The standard InChI is InChI=1S/C38H35F2N7O/c1-24(2)46-21-17-26(18-22-46)25-12-14-28(15-13-25)43-38-41-19-16-32(44-38)36-35(45-33-11-3-4-20-47(33)36)27-7-5-8-29(23-27)42-37(48)34-30(39)9-6-10-31(34)40/h3-16,19-20,23-24,26H,17-18,21-22H2,1-2H3,(H,42,48)(H,41,43,44). The highest BCUT2D eigenvalue weighted by atomic mass is 19.1. The molecule has 0 aliphatic carbocycles. The summed E-state index contributed by atoms with van der Waals surface area (Å²) < 4.78 is 30.5. The number of imidazole rings is 1. The molecule has 3 aromatic heterocycles. The van der Waals surface area contributed by atoms with Gasteiger partial charge in [-0.05, 0) is 106 Å². The minimum absolute atomic E-state index is 0.363. The van der Waals surface area contributed by atoms with Crippen molar-refractivity contribution in [2.45, 2.75) is 38.6 Å². The molecular weight excluding hydrogens is 608 g/mol. The fourth-order valence-corrected chi connectivity index (χ4v) is 6.36. The summed E-state index contributed by atoms with van der Waals surface area (Å²) in [5.41, 5.74) is 5.33. The Balaban J connectivity index is 1.15. The first kappa shape index (κ1) is 31.1. The van der Waals surface area contributed by atoms with E-state index in [-0.39, 0.29) is 0 Å². The van der Waals surface area contributed by atoms with Crippen LogP contribution in [0, 0.1) is 11.6 Å². The van der Waals surface area contributed by atoms with Crippen molar-refractivity contribution in [3.63, 3.8) is 0 Å². The lowest BCUT2D eigenvalue weighted by Gasteiger charge is -2.34. The lowest BCUT2D eigenvalue weighted by molar-refractivity contribution is 0.101. The van der Waals surface area contributed by atoms with Gasteiger partial charge in [0.1, 0.15) is 22.8 Å².